The molecule has 118 valence electrons. The normalized spacial score (nSPS) is 26.9. The molecule has 21 heavy (non-hydrogen) atoms. The second kappa shape index (κ2) is 6.07. The van der Waals surface area contributed by atoms with Gasteiger partial charge < -0.3 is 14.6 Å². The van der Waals surface area contributed by atoms with E-state index in [0.29, 0.717) is 0 Å². The number of aryl methyl sites for hydroxylation is 2. The highest BCUT2D eigenvalue weighted by Gasteiger charge is 2.41. The van der Waals surface area contributed by atoms with E-state index < -0.39 is 6.10 Å². The number of rotatable bonds is 3. The van der Waals surface area contributed by atoms with Gasteiger partial charge in [0.25, 0.3) is 0 Å². The van der Waals surface area contributed by atoms with E-state index in [1.165, 1.54) is 0 Å². The quantitative estimate of drug-likeness (QED) is 0.926. The lowest BCUT2D eigenvalue weighted by atomic mass is 9.77. The molecule has 2 atom stereocenters. The summed E-state index contributed by atoms with van der Waals surface area (Å²) >= 11 is 0. The first-order valence-corrected chi connectivity index (χ1v) is 8.06. The molecule has 2 aliphatic rings. The van der Waals surface area contributed by atoms with Crippen LogP contribution in [0.1, 0.15) is 50.0 Å². The molecule has 3 heterocycles. The molecule has 1 spiro atoms. The zero-order chi connectivity index (χ0) is 14.9. The van der Waals surface area contributed by atoms with Gasteiger partial charge in [0, 0.05) is 38.6 Å². The number of nitrogens with zero attached hydrogens (tertiary/aromatic N) is 2. The molecule has 0 amide bonds. The Morgan fingerprint density at radius 1 is 1.43 bits per heavy atom. The third-order valence-corrected chi connectivity index (χ3v) is 4.97. The second-order valence-electron chi connectivity index (χ2n) is 6.40. The van der Waals surface area contributed by atoms with Gasteiger partial charge in [-0.3, -0.25) is 4.68 Å². The maximum Gasteiger partial charge on any atom is 0.0853 e. The molecule has 2 aliphatic heterocycles. The van der Waals surface area contributed by atoms with Gasteiger partial charge in [0.1, 0.15) is 0 Å². The summed E-state index contributed by atoms with van der Waals surface area (Å²) in [5.41, 5.74) is 1.93. The molecule has 0 bridgehead atoms. The van der Waals surface area contributed by atoms with Crippen LogP contribution in [0.15, 0.2) is 6.20 Å². The Balaban J connectivity index is 1.76. The van der Waals surface area contributed by atoms with Crippen molar-refractivity contribution in [3.63, 3.8) is 0 Å². The fourth-order valence-corrected chi connectivity index (χ4v) is 3.76. The number of aromatic nitrogens is 2. The van der Waals surface area contributed by atoms with Gasteiger partial charge in [0.2, 0.25) is 0 Å². The Morgan fingerprint density at radius 2 is 2.19 bits per heavy atom. The number of hydrogen-bond donors (Lipinski definition) is 1. The fourth-order valence-electron chi connectivity index (χ4n) is 3.76. The first-order valence-electron chi connectivity index (χ1n) is 8.06. The van der Waals surface area contributed by atoms with Gasteiger partial charge in [-0.25, -0.2) is 0 Å². The van der Waals surface area contributed by atoms with E-state index in [-0.39, 0.29) is 11.5 Å². The van der Waals surface area contributed by atoms with Crippen molar-refractivity contribution in [3.8, 4) is 0 Å². The molecule has 1 aromatic rings. The minimum absolute atomic E-state index is 0.0727. The molecule has 1 N–H and O–H groups in total. The molecule has 0 saturated carbocycles. The number of ether oxygens (including phenoxy) is 2. The number of aliphatic hydroxyl groups excluding tert-OH is 1. The van der Waals surface area contributed by atoms with E-state index in [2.05, 4.69) is 12.0 Å². The molecule has 5 heteroatoms. The lowest BCUT2D eigenvalue weighted by molar-refractivity contribution is -0.159. The van der Waals surface area contributed by atoms with Gasteiger partial charge >= 0.3 is 0 Å². The lowest BCUT2D eigenvalue weighted by Crippen LogP contribution is -2.45. The molecule has 2 fully saturated rings. The van der Waals surface area contributed by atoms with Crippen LogP contribution in [0, 0.1) is 5.92 Å². The van der Waals surface area contributed by atoms with Crippen molar-refractivity contribution in [3.05, 3.63) is 17.5 Å². The van der Waals surface area contributed by atoms with Crippen molar-refractivity contribution < 1.29 is 14.6 Å². The summed E-state index contributed by atoms with van der Waals surface area (Å²) in [6, 6.07) is 0. The first kappa shape index (κ1) is 15.0. The smallest absolute Gasteiger partial charge is 0.0853 e. The number of hydrogen-bond acceptors (Lipinski definition) is 4. The summed E-state index contributed by atoms with van der Waals surface area (Å²) in [6.07, 6.45) is 6.13. The van der Waals surface area contributed by atoms with Gasteiger partial charge in [-0.15, -0.1) is 0 Å². The average molecular weight is 294 g/mol. The van der Waals surface area contributed by atoms with Gasteiger partial charge in [-0.1, -0.05) is 6.92 Å². The molecule has 0 radical (unpaired) electrons. The molecule has 3 rings (SSSR count). The highest BCUT2D eigenvalue weighted by molar-refractivity contribution is 5.21. The van der Waals surface area contributed by atoms with Crippen LogP contribution in [-0.2, 0) is 22.9 Å². The third-order valence-electron chi connectivity index (χ3n) is 4.97. The molecule has 2 saturated heterocycles. The first-order chi connectivity index (χ1) is 10.1. The highest BCUT2D eigenvalue weighted by Crippen LogP contribution is 2.42. The van der Waals surface area contributed by atoms with E-state index in [0.717, 1.165) is 63.2 Å². The maximum atomic E-state index is 10.8. The highest BCUT2D eigenvalue weighted by atomic mass is 16.5. The molecule has 0 aliphatic carbocycles. The summed E-state index contributed by atoms with van der Waals surface area (Å²) < 4.78 is 13.3. The maximum absolute atomic E-state index is 10.8. The van der Waals surface area contributed by atoms with Crippen LogP contribution in [0.25, 0.3) is 0 Å². The van der Waals surface area contributed by atoms with Crippen molar-refractivity contribution in [2.24, 2.45) is 13.0 Å². The second-order valence-corrected chi connectivity index (χ2v) is 6.40. The molecular formula is C16H26N2O3. The van der Waals surface area contributed by atoms with E-state index in [4.69, 9.17) is 9.47 Å². The zero-order valence-electron chi connectivity index (χ0n) is 13.0. The average Bonchev–Trinajstić information content (AvgIpc) is 2.88. The lowest BCUT2D eigenvalue weighted by Gasteiger charge is -2.44. The predicted octanol–water partition coefficient (Wildman–Crippen LogP) is 1.99. The van der Waals surface area contributed by atoms with Crippen LogP contribution in [0.5, 0.6) is 0 Å². The van der Waals surface area contributed by atoms with E-state index in [1.807, 2.05) is 13.2 Å². The molecular weight excluding hydrogens is 268 g/mol. The zero-order valence-corrected chi connectivity index (χ0v) is 13.0. The summed E-state index contributed by atoms with van der Waals surface area (Å²) in [5.74, 6) is 0.256. The van der Waals surface area contributed by atoms with Crippen LogP contribution in [-0.4, -0.2) is 40.3 Å². The van der Waals surface area contributed by atoms with E-state index in [9.17, 15) is 5.11 Å². The van der Waals surface area contributed by atoms with Gasteiger partial charge in [0.15, 0.2) is 0 Å². The van der Waals surface area contributed by atoms with Crippen LogP contribution in [0.2, 0.25) is 0 Å². The fraction of sp³-hybridized carbons (Fsp3) is 0.812. The Hall–Kier alpha value is -0.910. The largest absolute Gasteiger partial charge is 0.388 e. The molecule has 5 nitrogen and oxygen atoms in total. The number of aliphatic hydroxyl groups is 1. The van der Waals surface area contributed by atoms with E-state index in [1.54, 1.807) is 4.68 Å². The summed E-state index contributed by atoms with van der Waals surface area (Å²) in [4.78, 5) is 0. The van der Waals surface area contributed by atoms with Crippen molar-refractivity contribution >= 4 is 0 Å². The Bertz CT molecular complexity index is 474. The van der Waals surface area contributed by atoms with Crippen molar-refractivity contribution in [2.75, 3.05) is 19.8 Å². The minimum Gasteiger partial charge on any atom is -0.388 e. The van der Waals surface area contributed by atoms with Crippen LogP contribution >= 0.6 is 0 Å². The predicted molar refractivity (Wildman–Crippen MR) is 79.0 cm³/mol. The summed E-state index contributed by atoms with van der Waals surface area (Å²) in [7, 11) is 1.92. The minimum atomic E-state index is -0.433. The van der Waals surface area contributed by atoms with Crippen molar-refractivity contribution in [2.45, 2.75) is 50.7 Å². The Labute approximate surface area is 126 Å². The standard InChI is InChI=1S/C16H26N2O3/c1-3-14-13(11-18(2)17-14)15(19)12-4-7-21-16(10-12)5-8-20-9-6-16/h11-12,15,19H,3-10H2,1-2H3. The van der Waals surface area contributed by atoms with Crippen LogP contribution < -0.4 is 0 Å². The van der Waals surface area contributed by atoms with Crippen molar-refractivity contribution in [1.29, 1.82) is 0 Å². The topological polar surface area (TPSA) is 56.5 Å². The SMILES string of the molecule is CCc1nn(C)cc1C(O)C1CCOC2(CCOCC2)C1. The summed E-state index contributed by atoms with van der Waals surface area (Å²) in [6.45, 7) is 4.37. The van der Waals surface area contributed by atoms with Gasteiger partial charge in [0.05, 0.1) is 17.4 Å². The molecule has 0 aromatic carbocycles. The van der Waals surface area contributed by atoms with Crippen LogP contribution in [0.4, 0.5) is 0 Å². The van der Waals surface area contributed by atoms with Gasteiger partial charge in [-0.05, 0) is 38.0 Å². The molecule has 1 aromatic heterocycles. The Morgan fingerprint density at radius 3 is 2.90 bits per heavy atom. The third kappa shape index (κ3) is 3.00. The monoisotopic (exact) mass is 294 g/mol. The van der Waals surface area contributed by atoms with Crippen LogP contribution in [0.3, 0.4) is 0 Å². The van der Waals surface area contributed by atoms with E-state index >= 15 is 0 Å². The molecule has 2 unspecified atom stereocenters. The Kier molecular flexibility index (Phi) is 4.33. The summed E-state index contributed by atoms with van der Waals surface area (Å²) in [5, 5.41) is 15.3. The van der Waals surface area contributed by atoms with Crippen molar-refractivity contribution in [1.82, 2.24) is 9.78 Å². The van der Waals surface area contributed by atoms with Gasteiger partial charge in [-0.2, -0.15) is 5.10 Å².